The van der Waals surface area contributed by atoms with E-state index in [1.54, 1.807) is 0 Å². The van der Waals surface area contributed by atoms with Crippen LogP contribution in [0.5, 0.6) is 0 Å². The third-order valence-electron chi connectivity index (χ3n) is 12.3. The van der Waals surface area contributed by atoms with Crippen molar-refractivity contribution in [3.8, 4) is 56.4 Å². The Balaban J connectivity index is 1.06. The van der Waals surface area contributed by atoms with E-state index in [4.69, 9.17) is 15.0 Å². The summed E-state index contributed by atoms with van der Waals surface area (Å²) in [6, 6.07) is 63.5. The van der Waals surface area contributed by atoms with Crippen molar-refractivity contribution in [2.45, 2.75) is 19.3 Å². The van der Waals surface area contributed by atoms with Gasteiger partial charge in [-0.05, 0) is 66.9 Å². The molecular weight excluding hydrogens is 723 g/mol. The molecule has 3 nitrogen and oxygen atoms in total. The van der Waals surface area contributed by atoms with Gasteiger partial charge in [0, 0.05) is 53.2 Å². The minimum atomic E-state index is -0.0563. The summed E-state index contributed by atoms with van der Waals surface area (Å²) in [7, 11) is 0. The molecule has 1 aliphatic carbocycles. The highest BCUT2D eigenvalue weighted by Crippen LogP contribution is 2.53. The molecule has 2 aromatic heterocycles. The quantitative estimate of drug-likeness (QED) is 0.179. The summed E-state index contributed by atoms with van der Waals surface area (Å²) in [5.41, 5.74) is 10.9. The van der Waals surface area contributed by atoms with Crippen LogP contribution in [0.25, 0.3) is 109 Å². The van der Waals surface area contributed by atoms with E-state index >= 15 is 0 Å². The fourth-order valence-electron chi connectivity index (χ4n) is 9.41. The first-order valence-electron chi connectivity index (χ1n) is 19.9. The van der Waals surface area contributed by atoms with E-state index in [0.29, 0.717) is 17.5 Å². The molecule has 0 aliphatic heterocycles. The summed E-state index contributed by atoms with van der Waals surface area (Å²) in [4.78, 5) is 15.6. The molecule has 4 heteroatoms. The zero-order valence-electron chi connectivity index (χ0n) is 32.0. The lowest BCUT2D eigenvalue weighted by atomic mass is 9.82. The first kappa shape index (κ1) is 33.2. The molecule has 0 saturated carbocycles. The van der Waals surface area contributed by atoms with Crippen LogP contribution in [0.1, 0.15) is 25.0 Å². The number of benzene rings is 9. The van der Waals surface area contributed by atoms with E-state index in [2.05, 4.69) is 190 Å². The first-order valence-corrected chi connectivity index (χ1v) is 20.7. The van der Waals surface area contributed by atoms with Gasteiger partial charge in [0.2, 0.25) is 0 Å². The van der Waals surface area contributed by atoms with Gasteiger partial charge in [-0.25, -0.2) is 15.0 Å². The van der Waals surface area contributed by atoms with Crippen molar-refractivity contribution in [2.75, 3.05) is 0 Å². The van der Waals surface area contributed by atoms with Gasteiger partial charge in [0.25, 0.3) is 0 Å². The monoisotopic (exact) mass is 757 g/mol. The van der Waals surface area contributed by atoms with Crippen molar-refractivity contribution >= 4 is 63.8 Å². The Morgan fingerprint density at radius 3 is 1.79 bits per heavy atom. The van der Waals surface area contributed by atoms with Crippen molar-refractivity contribution in [3.05, 3.63) is 187 Å². The molecule has 1 aliphatic rings. The molecular formula is C54H35N3S. The third-order valence-corrected chi connectivity index (χ3v) is 13.6. The number of fused-ring (bicyclic) bond motifs is 10. The second-order valence-corrected chi connectivity index (χ2v) is 17.0. The van der Waals surface area contributed by atoms with Gasteiger partial charge in [-0.15, -0.1) is 11.3 Å². The maximum absolute atomic E-state index is 5.24. The standard InChI is InChI=1S/C54H35N3S/c1-54(2)46-22-8-7-17-44(46)48-39(18-11-23-47(48)54)40-19-10-20-41-42-29-28-34-25-27-37(31-45(34)50(42)58-49(40)41)52-55-51(36-26-24-32-12-3-4-14-35(32)30-36)56-53(57-52)43-21-9-15-33-13-5-6-16-38(33)43/h3-31H,1-2H3. The molecule has 0 atom stereocenters. The molecule has 0 amide bonds. The van der Waals surface area contributed by atoms with Gasteiger partial charge in [-0.3, -0.25) is 0 Å². The van der Waals surface area contributed by atoms with Crippen LogP contribution in [0.15, 0.2) is 176 Å². The summed E-state index contributed by atoms with van der Waals surface area (Å²) in [5, 5.41) is 9.55. The third kappa shape index (κ3) is 4.95. The van der Waals surface area contributed by atoms with E-state index in [0.717, 1.165) is 32.8 Å². The highest BCUT2D eigenvalue weighted by atomic mass is 32.1. The van der Waals surface area contributed by atoms with Crippen LogP contribution in [0.2, 0.25) is 0 Å². The minimum absolute atomic E-state index is 0.0563. The molecule has 0 N–H and O–H groups in total. The Morgan fingerprint density at radius 2 is 0.914 bits per heavy atom. The van der Waals surface area contributed by atoms with E-state index in [1.807, 2.05) is 11.3 Å². The lowest BCUT2D eigenvalue weighted by molar-refractivity contribution is 0.660. The summed E-state index contributed by atoms with van der Waals surface area (Å²) < 4.78 is 2.58. The van der Waals surface area contributed by atoms with Gasteiger partial charge in [0.15, 0.2) is 17.5 Å². The predicted molar refractivity (Wildman–Crippen MR) is 245 cm³/mol. The minimum Gasteiger partial charge on any atom is -0.208 e. The normalized spacial score (nSPS) is 13.1. The van der Waals surface area contributed by atoms with E-state index in [-0.39, 0.29) is 5.41 Å². The highest BCUT2D eigenvalue weighted by Gasteiger charge is 2.36. The molecule has 11 aromatic rings. The molecule has 58 heavy (non-hydrogen) atoms. The summed E-state index contributed by atoms with van der Waals surface area (Å²) >= 11 is 1.89. The van der Waals surface area contributed by atoms with Gasteiger partial charge in [0.1, 0.15) is 0 Å². The van der Waals surface area contributed by atoms with Gasteiger partial charge >= 0.3 is 0 Å². The van der Waals surface area contributed by atoms with Crippen LogP contribution in [-0.2, 0) is 5.41 Å². The largest absolute Gasteiger partial charge is 0.208 e. The zero-order valence-corrected chi connectivity index (χ0v) is 32.8. The summed E-state index contributed by atoms with van der Waals surface area (Å²) in [6.07, 6.45) is 0. The Kier molecular flexibility index (Phi) is 7.14. The van der Waals surface area contributed by atoms with E-state index < -0.39 is 0 Å². The van der Waals surface area contributed by atoms with E-state index in [9.17, 15) is 0 Å². The fraction of sp³-hybridized carbons (Fsp3) is 0.0556. The van der Waals surface area contributed by atoms with Crippen LogP contribution in [-0.4, -0.2) is 15.0 Å². The van der Waals surface area contributed by atoms with E-state index in [1.165, 1.54) is 69.7 Å². The molecule has 0 unspecified atom stereocenters. The molecule has 0 bridgehead atoms. The van der Waals surface area contributed by atoms with Gasteiger partial charge < -0.3 is 0 Å². The molecule has 12 rings (SSSR count). The maximum Gasteiger partial charge on any atom is 0.164 e. The molecule has 0 spiro atoms. The number of thiophene rings is 1. The molecule has 0 saturated heterocycles. The van der Waals surface area contributed by atoms with Crippen LogP contribution in [0, 0.1) is 0 Å². The van der Waals surface area contributed by atoms with Gasteiger partial charge in [-0.1, -0.05) is 178 Å². The second-order valence-electron chi connectivity index (χ2n) is 16.0. The smallest absolute Gasteiger partial charge is 0.164 e. The second kappa shape index (κ2) is 12.5. The fourth-order valence-corrected chi connectivity index (χ4v) is 10.8. The van der Waals surface area contributed by atoms with Crippen molar-refractivity contribution in [1.29, 1.82) is 0 Å². The Morgan fingerprint density at radius 1 is 0.362 bits per heavy atom. The molecule has 0 radical (unpaired) electrons. The lowest BCUT2D eigenvalue weighted by Crippen LogP contribution is -2.14. The van der Waals surface area contributed by atoms with Crippen LogP contribution in [0.4, 0.5) is 0 Å². The number of hydrogen-bond acceptors (Lipinski definition) is 4. The molecule has 9 aromatic carbocycles. The van der Waals surface area contributed by atoms with Crippen LogP contribution in [0.3, 0.4) is 0 Å². The zero-order chi connectivity index (χ0) is 38.5. The van der Waals surface area contributed by atoms with Crippen LogP contribution >= 0.6 is 11.3 Å². The van der Waals surface area contributed by atoms with Crippen molar-refractivity contribution in [1.82, 2.24) is 15.0 Å². The Bertz CT molecular complexity index is 3500. The molecule has 272 valence electrons. The molecule has 0 fully saturated rings. The van der Waals surface area contributed by atoms with Gasteiger partial charge in [-0.2, -0.15) is 0 Å². The average molecular weight is 758 g/mol. The maximum atomic E-state index is 5.24. The number of rotatable bonds is 4. The van der Waals surface area contributed by atoms with Crippen molar-refractivity contribution in [3.63, 3.8) is 0 Å². The average Bonchev–Trinajstić information content (AvgIpc) is 3.78. The first-order chi connectivity index (χ1) is 28.5. The van der Waals surface area contributed by atoms with Crippen molar-refractivity contribution < 1.29 is 0 Å². The Hall–Kier alpha value is -7.01. The highest BCUT2D eigenvalue weighted by molar-refractivity contribution is 7.27. The summed E-state index contributed by atoms with van der Waals surface area (Å²) in [5.74, 6) is 1.97. The van der Waals surface area contributed by atoms with Gasteiger partial charge in [0.05, 0.1) is 0 Å². The number of aromatic nitrogens is 3. The summed E-state index contributed by atoms with van der Waals surface area (Å²) in [6.45, 7) is 4.71. The molecule has 2 heterocycles. The van der Waals surface area contributed by atoms with Crippen molar-refractivity contribution in [2.24, 2.45) is 0 Å². The topological polar surface area (TPSA) is 38.7 Å². The Labute approximate surface area is 340 Å². The van der Waals surface area contributed by atoms with Crippen LogP contribution < -0.4 is 0 Å². The number of hydrogen-bond donors (Lipinski definition) is 0. The lowest BCUT2D eigenvalue weighted by Gasteiger charge is -2.21. The predicted octanol–water partition coefficient (Wildman–Crippen LogP) is 14.7. The SMILES string of the molecule is CC1(C)c2ccccc2-c2c(-c3cccc4c3sc3c5cc(-c6nc(-c7ccc8ccccc8c7)nc(-c7cccc8ccccc78)n6)ccc5ccc43)cccc21. The number of nitrogens with zero attached hydrogens (tertiary/aromatic N) is 3.